The molecule has 0 radical (unpaired) electrons. The highest BCUT2D eigenvalue weighted by Gasteiger charge is 2.18. The van der Waals surface area contributed by atoms with Crippen molar-refractivity contribution in [3.05, 3.63) is 200 Å². The largest absolute Gasteiger partial charge is 0.456 e. The molecular formula is C51H33N3O. The van der Waals surface area contributed by atoms with Gasteiger partial charge in [-0.3, -0.25) is 0 Å². The molecule has 2 aromatic heterocycles. The highest BCUT2D eigenvalue weighted by Crippen LogP contribution is 2.39. The van der Waals surface area contributed by atoms with E-state index in [-0.39, 0.29) is 0 Å². The Balaban J connectivity index is 1.05. The molecule has 0 amide bonds. The third-order valence-corrected chi connectivity index (χ3v) is 10.1. The van der Waals surface area contributed by atoms with E-state index in [1.807, 2.05) is 78.9 Å². The smallest absolute Gasteiger partial charge is 0.164 e. The Hall–Kier alpha value is -7.43. The molecule has 0 aliphatic heterocycles. The van der Waals surface area contributed by atoms with Gasteiger partial charge in [-0.25, -0.2) is 15.0 Å². The van der Waals surface area contributed by atoms with E-state index >= 15 is 0 Å². The molecule has 4 nitrogen and oxygen atoms in total. The Kier molecular flexibility index (Phi) is 7.84. The second-order valence-corrected chi connectivity index (χ2v) is 13.5. The third kappa shape index (κ3) is 6.26. The van der Waals surface area contributed by atoms with Crippen molar-refractivity contribution < 1.29 is 5.79 Å². The molecule has 0 spiro atoms. The summed E-state index contributed by atoms with van der Waals surface area (Å²) in [5.41, 5.74) is 12.7. The fraction of sp³-hybridized carbons (Fsp3) is 0. The van der Waals surface area contributed by atoms with Crippen molar-refractivity contribution in [2.24, 2.45) is 0 Å². The average Bonchev–Trinajstić information content (AvgIpc) is 3.67. The first-order valence-electron chi connectivity index (χ1n) is 18.8. The minimum atomic E-state index is 0.319. The van der Waals surface area contributed by atoms with Gasteiger partial charge in [0.05, 0.1) is 1.37 Å². The quantitative estimate of drug-likeness (QED) is 0.166. The lowest BCUT2D eigenvalue weighted by atomic mass is 9.97. The zero-order valence-electron chi connectivity index (χ0n) is 30.7. The maximum atomic E-state index is 9.07. The van der Waals surface area contributed by atoms with Crippen LogP contribution in [0.1, 0.15) is 1.37 Å². The molecule has 2 heterocycles. The summed E-state index contributed by atoms with van der Waals surface area (Å²) in [6.07, 6.45) is 0. The molecule has 55 heavy (non-hydrogen) atoms. The lowest BCUT2D eigenvalue weighted by molar-refractivity contribution is 0.669. The Bertz CT molecular complexity index is 2980. The van der Waals surface area contributed by atoms with Gasteiger partial charge < -0.3 is 4.42 Å². The Morgan fingerprint density at radius 1 is 0.327 bits per heavy atom. The lowest BCUT2D eigenvalue weighted by Gasteiger charge is -2.10. The van der Waals surface area contributed by atoms with Crippen LogP contribution in [0.4, 0.5) is 0 Å². The van der Waals surface area contributed by atoms with Crippen molar-refractivity contribution in [1.82, 2.24) is 15.0 Å². The molecule has 0 atom stereocenters. The number of hydrogen-bond donors (Lipinski definition) is 0. The van der Waals surface area contributed by atoms with Crippen LogP contribution in [0.5, 0.6) is 0 Å². The van der Waals surface area contributed by atoms with Gasteiger partial charge in [-0.1, -0.05) is 182 Å². The van der Waals surface area contributed by atoms with Gasteiger partial charge in [0, 0.05) is 27.5 Å². The van der Waals surface area contributed by atoms with Crippen molar-refractivity contribution in [1.29, 1.82) is 0 Å². The van der Waals surface area contributed by atoms with Crippen molar-refractivity contribution in [3.8, 4) is 78.7 Å². The topological polar surface area (TPSA) is 51.8 Å². The van der Waals surface area contributed by atoms with Gasteiger partial charge in [-0.2, -0.15) is 0 Å². The molecule has 0 unspecified atom stereocenters. The lowest BCUT2D eigenvalue weighted by Crippen LogP contribution is -2.00. The third-order valence-electron chi connectivity index (χ3n) is 10.1. The molecule has 0 aliphatic carbocycles. The van der Waals surface area contributed by atoms with Crippen LogP contribution in [-0.2, 0) is 0 Å². The van der Waals surface area contributed by atoms with E-state index in [0.717, 1.165) is 60.8 Å². The van der Waals surface area contributed by atoms with Gasteiger partial charge in [0.2, 0.25) is 0 Å². The predicted octanol–water partition coefficient (Wildman–Crippen LogP) is 13.4. The highest BCUT2D eigenvalue weighted by atomic mass is 16.3. The Morgan fingerprint density at radius 2 is 0.727 bits per heavy atom. The van der Waals surface area contributed by atoms with Crippen molar-refractivity contribution >= 4 is 21.9 Å². The molecule has 8 aromatic carbocycles. The van der Waals surface area contributed by atoms with Gasteiger partial charge in [0.25, 0.3) is 0 Å². The molecule has 0 aliphatic rings. The molecule has 0 saturated carbocycles. The molecule has 0 fully saturated rings. The summed E-state index contributed by atoms with van der Waals surface area (Å²) in [5, 5.41) is 1.71. The molecule has 0 N–H and O–H groups in total. The number of aromatic nitrogens is 3. The second-order valence-electron chi connectivity index (χ2n) is 13.5. The number of nitrogens with zero attached hydrogens (tertiary/aromatic N) is 3. The van der Waals surface area contributed by atoms with Crippen LogP contribution < -0.4 is 0 Å². The first-order chi connectivity index (χ1) is 27.6. The molecule has 0 saturated heterocycles. The summed E-state index contributed by atoms with van der Waals surface area (Å²) >= 11 is 0. The fourth-order valence-electron chi connectivity index (χ4n) is 7.24. The number of benzene rings is 8. The second kappa shape index (κ2) is 13.8. The zero-order valence-corrected chi connectivity index (χ0v) is 29.7. The van der Waals surface area contributed by atoms with Gasteiger partial charge in [-0.15, -0.1) is 0 Å². The van der Waals surface area contributed by atoms with Crippen LogP contribution in [0.2, 0.25) is 0 Å². The van der Waals surface area contributed by atoms with E-state index in [4.69, 9.17) is 20.7 Å². The predicted molar refractivity (Wildman–Crippen MR) is 225 cm³/mol. The highest BCUT2D eigenvalue weighted by molar-refractivity contribution is 6.12. The molecular weight excluding hydrogens is 671 g/mol. The molecule has 0 bridgehead atoms. The van der Waals surface area contributed by atoms with E-state index in [9.17, 15) is 0 Å². The maximum absolute atomic E-state index is 9.07. The van der Waals surface area contributed by atoms with Gasteiger partial charge >= 0.3 is 0 Å². The number of rotatable bonds is 7. The summed E-state index contributed by atoms with van der Waals surface area (Å²) in [4.78, 5) is 15.1. The van der Waals surface area contributed by atoms with Crippen LogP contribution in [0.3, 0.4) is 0 Å². The Morgan fingerprint density at radius 3 is 1.24 bits per heavy atom. The summed E-state index contributed by atoms with van der Waals surface area (Å²) in [7, 11) is 0. The van der Waals surface area contributed by atoms with Crippen LogP contribution in [0.25, 0.3) is 101 Å². The first-order valence-corrected chi connectivity index (χ1v) is 18.3. The first kappa shape index (κ1) is 31.1. The minimum Gasteiger partial charge on any atom is -0.456 e. The van der Waals surface area contributed by atoms with Crippen LogP contribution in [-0.4, -0.2) is 15.0 Å². The van der Waals surface area contributed by atoms with Gasteiger partial charge in [-0.05, 0) is 62.7 Å². The van der Waals surface area contributed by atoms with E-state index in [1.165, 1.54) is 11.1 Å². The zero-order chi connectivity index (χ0) is 37.4. The molecule has 258 valence electrons. The standard InChI is InChI=1S/C51H33N3O/c1-4-11-34(12-5-1)36-19-21-38(22-20-36)39-23-25-40(26-24-39)43-31-32-46-45(33-43)48-44(17-10-18-47(48)55-46)51-53-49(41-15-8-3-9-16-41)52-50(54-51)42-29-27-37(28-30-42)35-13-6-2-7-14-35/h1-33H/i32D. The van der Waals surface area contributed by atoms with Crippen LogP contribution >= 0.6 is 0 Å². The van der Waals surface area contributed by atoms with E-state index in [0.29, 0.717) is 34.7 Å². The van der Waals surface area contributed by atoms with Crippen molar-refractivity contribution in [2.45, 2.75) is 0 Å². The Labute approximate surface area is 320 Å². The van der Waals surface area contributed by atoms with E-state index in [2.05, 4.69) is 115 Å². The molecule has 10 rings (SSSR count). The van der Waals surface area contributed by atoms with Gasteiger partial charge in [0.15, 0.2) is 17.5 Å². The number of fused-ring (bicyclic) bond motifs is 3. The van der Waals surface area contributed by atoms with E-state index in [1.54, 1.807) is 0 Å². The number of furan rings is 1. The SMILES string of the molecule is [2H]c1cc(-c2ccc(-c3ccc(-c4ccccc4)cc3)cc2)cc2c1oc1cccc(-c3nc(-c4ccccc4)nc(-c4ccc(-c5ccccc5)cc4)n3)c12. The summed E-state index contributed by atoms with van der Waals surface area (Å²) in [5.74, 6) is 1.70. The minimum absolute atomic E-state index is 0.319. The monoisotopic (exact) mass is 704 g/mol. The molecule has 4 heteroatoms. The van der Waals surface area contributed by atoms with Crippen LogP contribution in [0, 0.1) is 0 Å². The number of hydrogen-bond acceptors (Lipinski definition) is 4. The fourth-order valence-corrected chi connectivity index (χ4v) is 7.24. The molecule has 10 aromatic rings. The summed E-state index contributed by atoms with van der Waals surface area (Å²) in [6, 6.07) is 66.5. The normalized spacial score (nSPS) is 11.5. The van der Waals surface area contributed by atoms with Gasteiger partial charge in [0.1, 0.15) is 11.2 Å². The summed E-state index contributed by atoms with van der Waals surface area (Å²) < 4.78 is 15.4. The van der Waals surface area contributed by atoms with Crippen molar-refractivity contribution in [2.75, 3.05) is 0 Å². The van der Waals surface area contributed by atoms with E-state index < -0.39 is 0 Å². The average molecular weight is 705 g/mol. The maximum Gasteiger partial charge on any atom is 0.164 e. The van der Waals surface area contributed by atoms with Crippen molar-refractivity contribution in [3.63, 3.8) is 0 Å². The summed E-state index contributed by atoms with van der Waals surface area (Å²) in [6.45, 7) is 0. The van der Waals surface area contributed by atoms with Crippen LogP contribution in [0.15, 0.2) is 205 Å².